The van der Waals surface area contributed by atoms with Crippen LogP contribution < -0.4 is 10.0 Å². The molecule has 0 aromatic heterocycles. The number of ether oxygens (including phenoxy) is 1. The van der Waals surface area contributed by atoms with Crippen molar-refractivity contribution in [1.29, 1.82) is 0 Å². The van der Waals surface area contributed by atoms with Gasteiger partial charge >= 0.3 is 0 Å². The molecule has 0 radical (unpaired) electrons. The predicted octanol–water partition coefficient (Wildman–Crippen LogP) is 1.43. The first-order valence-corrected chi connectivity index (χ1v) is 8.79. The number of hydrogen-bond acceptors (Lipinski definition) is 4. The average molecular weight is 312 g/mol. The van der Waals surface area contributed by atoms with E-state index in [-0.39, 0.29) is 6.54 Å². The molecular weight excluding hydrogens is 288 g/mol. The molecule has 21 heavy (non-hydrogen) atoms. The lowest BCUT2D eigenvalue weighted by Crippen LogP contribution is -2.41. The zero-order valence-corrected chi connectivity index (χ0v) is 13.7. The Kier molecular flexibility index (Phi) is 5.03. The Balaban J connectivity index is 2.21. The molecular formula is C15H24N2O3S. The fraction of sp³-hybridized carbons (Fsp3) is 0.600. The van der Waals surface area contributed by atoms with Gasteiger partial charge in [0.05, 0.1) is 10.5 Å². The number of nitrogens with one attached hydrogen (secondary N) is 2. The van der Waals surface area contributed by atoms with Crippen LogP contribution in [-0.2, 0) is 27.7 Å². The van der Waals surface area contributed by atoms with Gasteiger partial charge in [0, 0.05) is 19.7 Å². The minimum absolute atomic E-state index is 0.255. The van der Waals surface area contributed by atoms with E-state index in [0.717, 1.165) is 30.6 Å². The Labute approximate surface area is 127 Å². The Morgan fingerprint density at radius 1 is 1.38 bits per heavy atom. The Hall–Kier alpha value is -0.950. The first-order chi connectivity index (χ1) is 9.86. The molecule has 0 saturated carbocycles. The summed E-state index contributed by atoms with van der Waals surface area (Å²) in [4.78, 5) is 0.397. The first kappa shape index (κ1) is 16.4. The van der Waals surface area contributed by atoms with Crippen molar-refractivity contribution in [3.05, 3.63) is 29.3 Å². The second-order valence-electron chi connectivity index (χ2n) is 5.84. The minimum Gasteiger partial charge on any atom is -0.375 e. The third-order valence-corrected chi connectivity index (χ3v) is 5.10. The second-order valence-corrected chi connectivity index (χ2v) is 7.57. The standard InChI is InChI=1S/C15H24N2O3S/c1-4-20-15(2,3)11-17-21(18,19)14-7-5-6-12-10-16-9-8-13(12)14/h5-7,16-17H,4,8-11H2,1-3H3. The third-order valence-electron chi connectivity index (χ3n) is 3.61. The second kappa shape index (κ2) is 6.44. The average Bonchev–Trinajstić information content (AvgIpc) is 2.45. The predicted molar refractivity (Wildman–Crippen MR) is 82.7 cm³/mol. The molecule has 0 unspecified atom stereocenters. The van der Waals surface area contributed by atoms with Gasteiger partial charge in [-0.3, -0.25) is 0 Å². The molecule has 0 spiro atoms. The molecule has 0 saturated heterocycles. The van der Waals surface area contributed by atoms with Crippen molar-refractivity contribution in [3.8, 4) is 0 Å². The van der Waals surface area contributed by atoms with Crippen molar-refractivity contribution >= 4 is 10.0 Å². The van der Waals surface area contributed by atoms with E-state index in [2.05, 4.69) is 10.0 Å². The normalized spacial score (nSPS) is 15.8. The molecule has 6 heteroatoms. The summed E-state index contributed by atoms with van der Waals surface area (Å²) in [5.41, 5.74) is 1.48. The zero-order chi connectivity index (χ0) is 15.5. The molecule has 0 bridgehead atoms. The molecule has 0 aliphatic carbocycles. The summed E-state index contributed by atoms with van der Waals surface area (Å²) < 4.78 is 33.3. The molecule has 1 aliphatic heterocycles. The van der Waals surface area contributed by atoms with Crippen molar-refractivity contribution in [2.45, 2.75) is 44.2 Å². The van der Waals surface area contributed by atoms with E-state index < -0.39 is 15.6 Å². The molecule has 118 valence electrons. The van der Waals surface area contributed by atoms with E-state index in [1.54, 1.807) is 12.1 Å². The fourth-order valence-electron chi connectivity index (χ4n) is 2.54. The molecule has 1 aromatic rings. The highest BCUT2D eigenvalue weighted by molar-refractivity contribution is 7.89. The lowest BCUT2D eigenvalue weighted by atomic mass is 10.0. The van der Waals surface area contributed by atoms with Crippen LogP contribution in [0.1, 0.15) is 31.9 Å². The van der Waals surface area contributed by atoms with Gasteiger partial charge in [0.1, 0.15) is 0 Å². The molecule has 0 fully saturated rings. The molecule has 1 aliphatic rings. The third kappa shape index (κ3) is 4.03. The Morgan fingerprint density at radius 2 is 2.14 bits per heavy atom. The summed E-state index contributed by atoms with van der Waals surface area (Å²) in [7, 11) is -3.51. The van der Waals surface area contributed by atoms with Crippen molar-refractivity contribution in [2.75, 3.05) is 19.7 Å². The van der Waals surface area contributed by atoms with Gasteiger partial charge in [-0.25, -0.2) is 13.1 Å². The highest BCUT2D eigenvalue weighted by atomic mass is 32.2. The van der Waals surface area contributed by atoms with Gasteiger partial charge in [0.15, 0.2) is 0 Å². The number of rotatable bonds is 6. The maximum absolute atomic E-state index is 12.6. The summed E-state index contributed by atoms with van der Waals surface area (Å²) >= 11 is 0. The molecule has 5 nitrogen and oxygen atoms in total. The van der Waals surface area contributed by atoms with Crippen LogP contribution in [0.5, 0.6) is 0 Å². The smallest absolute Gasteiger partial charge is 0.240 e. The number of benzene rings is 1. The van der Waals surface area contributed by atoms with Gasteiger partial charge in [-0.05, 0) is 50.9 Å². The fourth-order valence-corrected chi connectivity index (χ4v) is 4.05. The number of hydrogen-bond donors (Lipinski definition) is 2. The summed E-state index contributed by atoms with van der Waals surface area (Å²) in [6.45, 7) is 8.00. The van der Waals surface area contributed by atoms with E-state index in [1.165, 1.54) is 0 Å². The van der Waals surface area contributed by atoms with Gasteiger partial charge in [-0.1, -0.05) is 12.1 Å². The Morgan fingerprint density at radius 3 is 2.86 bits per heavy atom. The highest BCUT2D eigenvalue weighted by Gasteiger charge is 2.25. The Bertz CT molecular complexity index is 597. The molecule has 0 atom stereocenters. The maximum atomic E-state index is 12.6. The van der Waals surface area contributed by atoms with Crippen molar-refractivity contribution < 1.29 is 13.2 Å². The van der Waals surface area contributed by atoms with Crippen LogP contribution in [-0.4, -0.2) is 33.7 Å². The van der Waals surface area contributed by atoms with Gasteiger partial charge < -0.3 is 10.1 Å². The first-order valence-electron chi connectivity index (χ1n) is 7.31. The van der Waals surface area contributed by atoms with Gasteiger partial charge in [-0.15, -0.1) is 0 Å². The van der Waals surface area contributed by atoms with E-state index in [1.807, 2.05) is 26.8 Å². The molecule has 2 rings (SSSR count). The van der Waals surface area contributed by atoms with E-state index in [9.17, 15) is 8.42 Å². The summed E-state index contributed by atoms with van der Waals surface area (Å²) in [6, 6.07) is 5.46. The van der Waals surface area contributed by atoms with Crippen molar-refractivity contribution in [2.24, 2.45) is 0 Å². The van der Waals surface area contributed by atoms with Crippen LogP contribution in [0.25, 0.3) is 0 Å². The van der Waals surface area contributed by atoms with Gasteiger partial charge in [-0.2, -0.15) is 0 Å². The highest BCUT2D eigenvalue weighted by Crippen LogP contribution is 2.23. The van der Waals surface area contributed by atoms with E-state index >= 15 is 0 Å². The van der Waals surface area contributed by atoms with Crippen molar-refractivity contribution in [1.82, 2.24) is 10.0 Å². The zero-order valence-electron chi connectivity index (χ0n) is 12.9. The lowest BCUT2D eigenvalue weighted by molar-refractivity contribution is -0.00515. The molecule has 2 N–H and O–H groups in total. The quantitative estimate of drug-likeness (QED) is 0.834. The summed E-state index contributed by atoms with van der Waals surface area (Å²) in [5, 5.41) is 3.26. The number of fused-ring (bicyclic) bond motifs is 1. The summed E-state index contributed by atoms with van der Waals surface area (Å²) in [5.74, 6) is 0. The van der Waals surface area contributed by atoms with Crippen molar-refractivity contribution in [3.63, 3.8) is 0 Å². The molecule has 0 amide bonds. The van der Waals surface area contributed by atoms with E-state index in [0.29, 0.717) is 11.5 Å². The SMILES string of the molecule is CCOC(C)(C)CNS(=O)(=O)c1cccc2c1CCNC2. The monoisotopic (exact) mass is 312 g/mol. The van der Waals surface area contributed by atoms with Gasteiger partial charge in [0.25, 0.3) is 0 Å². The maximum Gasteiger partial charge on any atom is 0.240 e. The molecule has 1 aromatic carbocycles. The summed E-state index contributed by atoms with van der Waals surface area (Å²) in [6.07, 6.45) is 0.737. The van der Waals surface area contributed by atoms with Crippen LogP contribution in [0.3, 0.4) is 0 Å². The number of sulfonamides is 1. The van der Waals surface area contributed by atoms with Crippen LogP contribution in [0, 0.1) is 0 Å². The van der Waals surface area contributed by atoms with Crippen LogP contribution >= 0.6 is 0 Å². The molecule has 1 heterocycles. The topological polar surface area (TPSA) is 67.4 Å². The largest absolute Gasteiger partial charge is 0.375 e. The van der Waals surface area contributed by atoms with Crippen LogP contribution in [0.4, 0.5) is 0 Å². The lowest BCUT2D eigenvalue weighted by Gasteiger charge is -2.26. The van der Waals surface area contributed by atoms with Crippen LogP contribution in [0.15, 0.2) is 23.1 Å². The van der Waals surface area contributed by atoms with Gasteiger partial charge in [0.2, 0.25) is 10.0 Å². The minimum atomic E-state index is -3.51. The van der Waals surface area contributed by atoms with E-state index in [4.69, 9.17) is 4.74 Å². The van der Waals surface area contributed by atoms with Crippen LogP contribution in [0.2, 0.25) is 0 Å².